The number of piperidine rings is 1. The lowest BCUT2D eigenvalue weighted by molar-refractivity contribution is 0.0109. The highest BCUT2D eigenvalue weighted by Gasteiger charge is 2.82. The monoisotopic (exact) mass is 400 g/mol. The van der Waals surface area contributed by atoms with E-state index in [9.17, 15) is 5.11 Å². The fourth-order valence-corrected chi connectivity index (χ4v) is 8.94. The molecule has 1 N–H and O–H groups in total. The number of aromatic hydroxyl groups is 1. The number of nitrogens with zero attached hydrogens (tertiary/aromatic N) is 2. The number of hydrogen-bond acceptors (Lipinski definition) is 4. The van der Waals surface area contributed by atoms with Crippen LogP contribution in [-0.4, -0.2) is 47.3 Å². The Balaban J connectivity index is 1.31. The van der Waals surface area contributed by atoms with Crippen molar-refractivity contribution in [2.75, 3.05) is 18.5 Å². The summed E-state index contributed by atoms with van der Waals surface area (Å²) in [6.45, 7) is 1.12. The number of aryl methyl sites for hydroxylation is 1. The minimum Gasteiger partial charge on any atom is -0.504 e. The van der Waals surface area contributed by atoms with Crippen LogP contribution < -0.4 is 9.64 Å². The van der Waals surface area contributed by atoms with Crippen molar-refractivity contribution in [2.24, 2.45) is 5.92 Å². The van der Waals surface area contributed by atoms with E-state index >= 15 is 0 Å². The molecule has 0 radical (unpaired) electrons. The Morgan fingerprint density at radius 2 is 2.00 bits per heavy atom. The number of rotatable bonds is 1. The molecule has 2 spiro atoms. The molecule has 3 unspecified atom stereocenters. The zero-order valence-electron chi connectivity index (χ0n) is 17.5. The molecule has 4 nitrogen and oxygen atoms in total. The van der Waals surface area contributed by atoms with Gasteiger partial charge in [0.2, 0.25) is 0 Å². The van der Waals surface area contributed by atoms with Crippen molar-refractivity contribution in [3.05, 3.63) is 53.1 Å². The van der Waals surface area contributed by atoms with Gasteiger partial charge in [-0.25, -0.2) is 0 Å². The molecule has 3 aliphatic carbocycles. The zero-order chi connectivity index (χ0) is 19.8. The lowest BCUT2D eigenvalue weighted by Gasteiger charge is -2.54. The highest BCUT2D eigenvalue weighted by Crippen LogP contribution is 2.76. The largest absolute Gasteiger partial charge is 0.504 e. The van der Waals surface area contributed by atoms with Gasteiger partial charge in [-0.1, -0.05) is 24.3 Å². The smallest absolute Gasteiger partial charge is 0.165 e. The third-order valence-electron chi connectivity index (χ3n) is 9.95. The van der Waals surface area contributed by atoms with Crippen molar-refractivity contribution in [1.82, 2.24) is 4.90 Å². The average Bonchev–Trinajstić information content (AvgIpc) is 3.06. The quantitative estimate of drug-likeness (QED) is 0.742. The Hall–Kier alpha value is -2.20. The molecule has 154 valence electrons. The van der Waals surface area contributed by atoms with Gasteiger partial charge >= 0.3 is 0 Å². The molecule has 3 heterocycles. The van der Waals surface area contributed by atoms with Crippen molar-refractivity contribution in [1.29, 1.82) is 0 Å². The summed E-state index contributed by atoms with van der Waals surface area (Å²) in [6.07, 6.45) is 7.36. The normalized spacial score (nSPS) is 43.5. The predicted octanol–water partition coefficient (Wildman–Crippen LogP) is 3.64. The number of likely N-dealkylation sites (N-methyl/N-ethyl adjacent to an activating group) is 1. The number of fused-ring (bicyclic) bond motifs is 1. The van der Waals surface area contributed by atoms with E-state index in [0.717, 1.165) is 18.7 Å². The van der Waals surface area contributed by atoms with Crippen LogP contribution in [0.25, 0.3) is 0 Å². The summed E-state index contributed by atoms with van der Waals surface area (Å²) in [7, 11) is 2.33. The van der Waals surface area contributed by atoms with Gasteiger partial charge in [-0.2, -0.15) is 0 Å². The molecule has 4 heteroatoms. The molecular weight excluding hydrogens is 372 g/mol. The van der Waals surface area contributed by atoms with Gasteiger partial charge < -0.3 is 14.7 Å². The first-order chi connectivity index (χ1) is 14.7. The van der Waals surface area contributed by atoms with Crippen LogP contribution in [0, 0.1) is 5.92 Å². The highest BCUT2D eigenvalue weighted by atomic mass is 16.5. The van der Waals surface area contributed by atoms with Gasteiger partial charge in [0.15, 0.2) is 11.5 Å². The van der Waals surface area contributed by atoms with Gasteiger partial charge in [-0.3, -0.25) is 4.90 Å². The van der Waals surface area contributed by atoms with Crippen LogP contribution in [0.15, 0.2) is 36.4 Å². The summed E-state index contributed by atoms with van der Waals surface area (Å²) in [5.74, 6) is 1.83. The molecule has 3 aliphatic heterocycles. The van der Waals surface area contributed by atoms with E-state index in [0.29, 0.717) is 29.3 Å². The maximum absolute atomic E-state index is 10.8. The Kier molecular flexibility index (Phi) is 2.74. The molecule has 2 bridgehead atoms. The lowest BCUT2D eigenvalue weighted by Crippen LogP contribution is -2.63. The van der Waals surface area contributed by atoms with Gasteiger partial charge in [0.25, 0.3) is 0 Å². The van der Waals surface area contributed by atoms with Crippen LogP contribution >= 0.6 is 0 Å². The number of phenols is 1. The van der Waals surface area contributed by atoms with Crippen LogP contribution in [0.2, 0.25) is 0 Å². The zero-order valence-corrected chi connectivity index (χ0v) is 17.5. The summed E-state index contributed by atoms with van der Waals surface area (Å²) in [5, 5.41) is 10.8. The Morgan fingerprint density at radius 1 is 1.10 bits per heavy atom. The minimum absolute atomic E-state index is 0.0914. The molecule has 2 saturated carbocycles. The van der Waals surface area contributed by atoms with Gasteiger partial charge in [0.1, 0.15) is 6.10 Å². The second kappa shape index (κ2) is 4.99. The van der Waals surface area contributed by atoms with E-state index < -0.39 is 0 Å². The summed E-state index contributed by atoms with van der Waals surface area (Å²) in [5.41, 5.74) is 6.16. The molecular formula is C26H28N2O2. The molecule has 7 atom stereocenters. The van der Waals surface area contributed by atoms with Gasteiger partial charge in [-0.15, -0.1) is 0 Å². The van der Waals surface area contributed by atoms with Crippen LogP contribution in [-0.2, 0) is 18.3 Å². The second-order valence-electron chi connectivity index (χ2n) is 10.6. The summed E-state index contributed by atoms with van der Waals surface area (Å²) < 4.78 is 6.83. The second-order valence-corrected chi connectivity index (χ2v) is 10.6. The number of likely N-dealkylation sites (tertiary alicyclic amines) is 1. The average molecular weight is 401 g/mol. The first-order valence-corrected chi connectivity index (χ1v) is 11.8. The van der Waals surface area contributed by atoms with E-state index in [-0.39, 0.29) is 11.5 Å². The molecule has 0 aromatic heterocycles. The predicted molar refractivity (Wildman–Crippen MR) is 115 cm³/mol. The van der Waals surface area contributed by atoms with Crippen LogP contribution in [0.3, 0.4) is 0 Å². The number of anilines is 1. The van der Waals surface area contributed by atoms with E-state index in [2.05, 4.69) is 47.2 Å². The van der Waals surface area contributed by atoms with Gasteiger partial charge in [0.05, 0.1) is 6.04 Å². The van der Waals surface area contributed by atoms with Gasteiger partial charge in [-0.05, 0) is 74.8 Å². The number of hydrogen-bond donors (Lipinski definition) is 1. The topological polar surface area (TPSA) is 35.7 Å². The summed E-state index contributed by atoms with van der Waals surface area (Å²) in [4.78, 5) is 5.33. The minimum atomic E-state index is 0.0914. The van der Waals surface area contributed by atoms with Crippen LogP contribution in [0.5, 0.6) is 11.5 Å². The molecule has 8 rings (SSSR count). The molecule has 2 aromatic carbocycles. The first kappa shape index (κ1) is 16.5. The standard InChI is InChI=1S/C26H28N2O2/c1-27-21-14-25-20-11-9-18(28-12-4-6-15-5-2-3-7-17(15)28)24(25)30-23-19(29)10-8-16(22(23)25)13-26(20,21)27/h2-3,5,7-8,10,18,20-21,24,29H,4,6,9,11-14H2,1H3/t18-,20-,21?,24+,25+,26?,27?/m1/s1. The maximum Gasteiger partial charge on any atom is 0.165 e. The SMILES string of the molecule is CN1C2C[C@]34c5c6ccc(O)c5O[C@H]3[C@H](N3CCCc5ccccc53)CC[C@H]4C21C6. The van der Waals surface area contributed by atoms with E-state index in [1.807, 2.05) is 6.07 Å². The molecule has 0 amide bonds. The number of benzene rings is 2. The Labute approximate surface area is 177 Å². The summed E-state index contributed by atoms with van der Waals surface area (Å²) >= 11 is 0. The molecule has 1 saturated heterocycles. The van der Waals surface area contributed by atoms with E-state index in [4.69, 9.17) is 4.74 Å². The molecule has 3 fully saturated rings. The molecule has 30 heavy (non-hydrogen) atoms. The number of para-hydroxylation sites is 1. The van der Waals surface area contributed by atoms with Crippen molar-refractivity contribution < 1.29 is 9.84 Å². The van der Waals surface area contributed by atoms with Crippen molar-refractivity contribution in [3.8, 4) is 11.5 Å². The fourth-order valence-electron chi connectivity index (χ4n) is 8.94. The fraction of sp³-hybridized carbons (Fsp3) is 0.538. The van der Waals surface area contributed by atoms with Crippen molar-refractivity contribution in [3.63, 3.8) is 0 Å². The Bertz CT molecular complexity index is 1110. The highest BCUT2D eigenvalue weighted by molar-refractivity contribution is 5.66. The van der Waals surface area contributed by atoms with Crippen molar-refractivity contribution in [2.45, 2.75) is 67.7 Å². The first-order valence-electron chi connectivity index (χ1n) is 11.8. The molecule has 6 aliphatic rings. The third-order valence-corrected chi connectivity index (χ3v) is 9.95. The third kappa shape index (κ3) is 1.56. The molecule has 2 aromatic rings. The lowest BCUT2D eigenvalue weighted by atomic mass is 9.55. The number of ether oxygens (including phenoxy) is 1. The van der Waals surface area contributed by atoms with Crippen LogP contribution in [0.4, 0.5) is 5.69 Å². The Morgan fingerprint density at radius 3 is 2.93 bits per heavy atom. The van der Waals surface area contributed by atoms with E-state index in [1.54, 1.807) is 0 Å². The van der Waals surface area contributed by atoms with Crippen molar-refractivity contribution >= 4 is 5.69 Å². The number of phenolic OH excluding ortho intramolecular Hbond substituents is 1. The summed E-state index contributed by atoms with van der Waals surface area (Å²) in [6, 6.07) is 14.1. The van der Waals surface area contributed by atoms with Crippen LogP contribution in [0.1, 0.15) is 42.4 Å². The van der Waals surface area contributed by atoms with Gasteiger partial charge in [0, 0.05) is 34.8 Å². The maximum atomic E-state index is 10.8. The van der Waals surface area contributed by atoms with E-state index in [1.165, 1.54) is 54.5 Å².